The van der Waals surface area contributed by atoms with E-state index in [1.807, 2.05) is 20.8 Å². The van der Waals surface area contributed by atoms with E-state index in [9.17, 15) is 5.21 Å². The third-order valence-corrected chi connectivity index (χ3v) is 1.08. The topological polar surface area (TPSA) is 36.7 Å². The summed E-state index contributed by atoms with van der Waals surface area (Å²) in [5.41, 5.74) is -0.360. The molecule has 0 aliphatic rings. The van der Waals surface area contributed by atoms with Crippen molar-refractivity contribution in [2.24, 2.45) is 0 Å². The van der Waals surface area contributed by atoms with Gasteiger partial charge in [-0.25, -0.2) is 5.23 Å². The Labute approximate surface area is 63.2 Å². The van der Waals surface area contributed by atoms with Crippen LogP contribution in [0.5, 0.6) is 0 Å². The average Bonchev–Trinajstić information content (AvgIpc) is 1.62. The van der Waals surface area contributed by atoms with Crippen LogP contribution in [0.4, 0.5) is 0 Å². The van der Waals surface area contributed by atoms with E-state index < -0.39 is 0 Å². The zero-order valence-corrected chi connectivity index (χ0v) is 7.35. The molecule has 0 bridgehead atoms. The lowest BCUT2D eigenvalue weighted by Gasteiger charge is -2.29. The lowest BCUT2D eigenvalue weighted by atomic mass is 10.1. The van der Waals surface area contributed by atoms with Crippen LogP contribution >= 0.6 is 23.0 Å². The van der Waals surface area contributed by atoms with Crippen molar-refractivity contribution in [1.82, 2.24) is 0 Å². The molecule has 0 spiro atoms. The van der Waals surface area contributed by atoms with Crippen molar-refractivity contribution in [2.75, 3.05) is 0 Å². The quantitative estimate of drug-likeness (QED) is 0.525. The number of halogens is 1. The van der Waals surface area contributed by atoms with Gasteiger partial charge in [0.2, 0.25) is 0 Å². The highest BCUT2D eigenvalue weighted by Crippen LogP contribution is 1.92. The first-order valence-electron chi connectivity index (χ1n) is 2.31. The van der Waals surface area contributed by atoms with Gasteiger partial charge in [-0.15, -0.1) is 3.17 Å². The standard InChI is InChI=1S/C4H10INO2/c1-4(2,3)6(7)8-5/h6H,1-3H3. The van der Waals surface area contributed by atoms with Gasteiger partial charge in [-0.1, -0.05) is 0 Å². The molecule has 0 heterocycles. The van der Waals surface area contributed by atoms with Gasteiger partial charge >= 0.3 is 0 Å². The van der Waals surface area contributed by atoms with Crippen LogP contribution in [0.1, 0.15) is 20.8 Å². The molecule has 0 saturated carbocycles. The van der Waals surface area contributed by atoms with Crippen molar-refractivity contribution in [1.29, 1.82) is 0 Å². The third-order valence-electron chi connectivity index (χ3n) is 0.682. The lowest BCUT2D eigenvalue weighted by molar-refractivity contribution is -1.05. The Hall–Kier alpha value is 0.610. The number of hydrogen-bond donors (Lipinski definition) is 1. The highest BCUT2D eigenvalue weighted by Gasteiger charge is 2.18. The van der Waals surface area contributed by atoms with Gasteiger partial charge in [-0.05, 0) is 20.8 Å². The first-order valence-corrected chi connectivity index (χ1v) is 3.19. The molecule has 0 radical (unpaired) electrons. The fourth-order valence-corrected chi connectivity index (χ4v) is 0.776. The van der Waals surface area contributed by atoms with Gasteiger partial charge in [0.1, 0.15) is 5.54 Å². The summed E-state index contributed by atoms with van der Waals surface area (Å²) in [6.07, 6.45) is 0. The predicted molar refractivity (Wildman–Crippen MR) is 39.2 cm³/mol. The monoisotopic (exact) mass is 231 g/mol. The number of rotatable bonds is 1. The maximum absolute atomic E-state index is 10.6. The van der Waals surface area contributed by atoms with Gasteiger partial charge in [-0.3, -0.25) is 0 Å². The molecule has 3 nitrogen and oxygen atoms in total. The molecule has 0 aromatic heterocycles. The second-order valence-corrected chi connectivity index (χ2v) is 3.06. The van der Waals surface area contributed by atoms with Crippen LogP contribution in [-0.2, 0) is 3.17 Å². The van der Waals surface area contributed by atoms with E-state index in [1.165, 1.54) is 0 Å². The molecule has 0 aliphatic carbocycles. The number of hydrogen-bond acceptors (Lipinski definition) is 2. The lowest BCUT2D eigenvalue weighted by Crippen LogP contribution is -3.12. The average molecular weight is 231 g/mol. The van der Waals surface area contributed by atoms with Crippen LogP contribution in [0, 0.1) is 5.21 Å². The fraction of sp³-hybridized carbons (Fsp3) is 1.00. The Morgan fingerprint density at radius 1 is 1.50 bits per heavy atom. The molecular weight excluding hydrogens is 221 g/mol. The van der Waals surface area contributed by atoms with Crippen molar-refractivity contribution < 1.29 is 8.39 Å². The van der Waals surface area contributed by atoms with E-state index in [0.717, 1.165) is 0 Å². The van der Waals surface area contributed by atoms with Crippen molar-refractivity contribution in [2.45, 2.75) is 26.3 Å². The summed E-state index contributed by atoms with van der Waals surface area (Å²) in [4.78, 5) is 0. The summed E-state index contributed by atoms with van der Waals surface area (Å²) in [5, 5.41) is 10.4. The summed E-state index contributed by atoms with van der Waals surface area (Å²) in [6, 6.07) is 0. The summed E-state index contributed by atoms with van der Waals surface area (Å²) >= 11 is 1.59. The number of nitrogens with one attached hydrogen (secondary N) is 1. The van der Waals surface area contributed by atoms with Crippen molar-refractivity contribution in [3.63, 3.8) is 0 Å². The highest BCUT2D eigenvalue weighted by molar-refractivity contribution is 14.1. The maximum atomic E-state index is 10.6. The summed E-state index contributed by atoms with van der Waals surface area (Å²) in [7, 11) is 0. The summed E-state index contributed by atoms with van der Waals surface area (Å²) < 4.78 is 4.45. The fourth-order valence-electron chi connectivity index (χ4n) is 0.116. The van der Waals surface area contributed by atoms with Crippen molar-refractivity contribution >= 4 is 23.0 Å². The first kappa shape index (κ1) is 8.61. The minimum Gasteiger partial charge on any atom is -0.599 e. The van der Waals surface area contributed by atoms with Gasteiger partial charge in [0.15, 0.2) is 23.0 Å². The minimum absolute atomic E-state index is 0.182. The Morgan fingerprint density at radius 2 is 1.88 bits per heavy atom. The zero-order valence-electron chi connectivity index (χ0n) is 5.19. The zero-order chi connectivity index (χ0) is 6.78. The molecule has 4 heteroatoms. The second-order valence-electron chi connectivity index (χ2n) is 2.61. The molecule has 0 saturated heterocycles. The molecular formula is C4H10INO2. The molecule has 0 aliphatic heterocycles. The number of quaternary nitrogens is 1. The summed E-state index contributed by atoms with van der Waals surface area (Å²) in [6.45, 7) is 5.44. The van der Waals surface area contributed by atoms with Crippen LogP contribution in [0.15, 0.2) is 0 Å². The van der Waals surface area contributed by atoms with E-state index in [4.69, 9.17) is 0 Å². The molecule has 0 amide bonds. The van der Waals surface area contributed by atoms with Gasteiger partial charge in [-0.2, -0.15) is 0 Å². The van der Waals surface area contributed by atoms with Crippen molar-refractivity contribution in [3.05, 3.63) is 5.21 Å². The molecule has 8 heavy (non-hydrogen) atoms. The first-order chi connectivity index (χ1) is 3.48. The van der Waals surface area contributed by atoms with Crippen molar-refractivity contribution in [3.8, 4) is 0 Å². The number of hydroxylamine groups is 2. The highest BCUT2D eigenvalue weighted by atomic mass is 127. The summed E-state index contributed by atoms with van der Waals surface area (Å²) in [5.74, 6) is 0. The molecule has 0 rings (SSSR count). The second kappa shape index (κ2) is 2.95. The van der Waals surface area contributed by atoms with E-state index in [-0.39, 0.29) is 10.8 Å². The molecule has 0 aromatic carbocycles. The molecule has 50 valence electrons. The molecule has 0 aromatic rings. The Kier molecular flexibility index (Phi) is 3.18. The predicted octanol–water partition coefficient (Wildman–Crippen LogP) is 0.449. The third kappa shape index (κ3) is 2.81. The van der Waals surface area contributed by atoms with E-state index in [0.29, 0.717) is 0 Å². The van der Waals surface area contributed by atoms with Gasteiger partial charge in [0.25, 0.3) is 0 Å². The Balaban J connectivity index is 3.62. The minimum atomic E-state index is -0.360. The van der Waals surface area contributed by atoms with Crippen LogP contribution in [0.2, 0.25) is 0 Å². The van der Waals surface area contributed by atoms with E-state index in [2.05, 4.69) is 3.17 Å². The van der Waals surface area contributed by atoms with Crippen LogP contribution in [-0.4, -0.2) is 5.54 Å². The molecule has 1 atom stereocenters. The Bertz CT molecular complexity index is 70.9. The van der Waals surface area contributed by atoms with Crippen LogP contribution in [0.3, 0.4) is 0 Å². The van der Waals surface area contributed by atoms with Crippen LogP contribution in [0.25, 0.3) is 0 Å². The molecule has 0 fully saturated rings. The van der Waals surface area contributed by atoms with Crippen LogP contribution < -0.4 is 5.23 Å². The maximum Gasteiger partial charge on any atom is 0.189 e. The van der Waals surface area contributed by atoms with E-state index in [1.54, 1.807) is 23.0 Å². The normalized spacial score (nSPS) is 16.1. The Morgan fingerprint density at radius 3 is 1.88 bits per heavy atom. The largest absolute Gasteiger partial charge is 0.599 e. The van der Waals surface area contributed by atoms with Gasteiger partial charge in [0.05, 0.1) is 0 Å². The molecule has 1 unspecified atom stereocenters. The van der Waals surface area contributed by atoms with Gasteiger partial charge in [0, 0.05) is 0 Å². The smallest absolute Gasteiger partial charge is 0.189 e. The van der Waals surface area contributed by atoms with Gasteiger partial charge < -0.3 is 5.21 Å². The van der Waals surface area contributed by atoms with E-state index >= 15 is 0 Å². The molecule has 1 N–H and O–H groups in total. The SMILES string of the molecule is CC(C)(C)[NH+]([O-])OI.